The fourth-order valence-electron chi connectivity index (χ4n) is 4.25. The van der Waals surface area contributed by atoms with E-state index in [0.29, 0.717) is 22.2 Å². The smallest absolute Gasteiger partial charge is 0.416 e. The number of hydrogen-bond acceptors (Lipinski definition) is 6. The molecule has 4 rings (SSSR count). The molecular formula is C28H27F3N2O5S. The molecule has 1 unspecified atom stereocenters. The number of amides is 2. The maximum absolute atomic E-state index is 12.9. The molecule has 0 saturated heterocycles. The third-order valence-electron chi connectivity index (χ3n) is 6.18. The van der Waals surface area contributed by atoms with Crippen LogP contribution in [0.1, 0.15) is 57.0 Å². The van der Waals surface area contributed by atoms with Crippen molar-refractivity contribution in [3.63, 3.8) is 0 Å². The Morgan fingerprint density at radius 2 is 1.82 bits per heavy atom. The zero-order valence-electron chi connectivity index (χ0n) is 21.3. The topological polar surface area (TPSA) is 93.7 Å². The number of fused-ring (bicyclic) bond motifs is 1. The van der Waals surface area contributed by atoms with Crippen molar-refractivity contribution >= 4 is 39.8 Å². The molecule has 0 aliphatic heterocycles. The summed E-state index contributed by atoms with van der Waals surface area (Å²) in [6.45, 7) is 3.77. The van der Waals surface area contributed by atoms with Crippen LogP contribution >= 0.6 is 11.3 Å². The summed E-state index contributed by atoms with van der Waals surface area (Å²) >= 11 is 1.38. The number of nitrogens with one attached hydrogen (secondary N) is 2. The van der Waals surface area contributed by atoms with Crippen LogP contribution in [-0.2, 0) is 28.5 Å². The first-order valence-electron chi connectivity index (χ1n) is 12.4. The Bertz CT molecular complexity index is 1370. The molecule has 7 nitrogen and oxygen atoms in total. The van der Waals surface area contributed by atoms with Crippen LogP contribution in [-0.4, -0.2) is 31.0 Å². The average Bonchev–Trinajstić information content (AvgIpc) is 3.24. The van der Waals surface area contributed by atoms with Crippen molar-refractivity contribution in [2.75, 3.05) is 23.8 Å². The van der Waals surface area contributed by atoms with Gasteiger partial charge in [-0.15, -0.1) is 11.3 Å². The van der Waals surface area contributed by atoms with Crippen LogP contribution in [0.25, 0.3) is 0 Å². The first-order chi connectivity index (χ1) is 18.5. The second kappa shape index (κ2) is 11.9. The number of carbonyl (C=O) groups excluding carboxylic acids is 3. The van der Waals surface area contributed by atoms with Crippen LogP contribution in [0.15, 0.2) is 48.5 Å². The van der Waals surface area contributed by atoms with Gasteiger partial charge in [-0.05, 0) is 80.1 Å². The fourth-order valence-corrected chi connectivity index (χ4v) is 5.66. The molecule has 2 N–H and O–H groups in total. The number of anilines is 2. The van der Waals surface area contributed by atoms with Gasteiger partial charge in [0.25, 0.3) is 11.8 Å². The number of rotatable bonds is 8. The molecule has 0 fully saturated rings. The molecule has 1 atom stereocenters. The lowest BCUT2D eigenvalue weighted by Gasteiger charge is -2.18. The Kier molecular flexibility index (Phi) is 8.59. The van der Waals surface area contributed by atoms with Crippen molar-refractivity contribution in [1.82, 2.24) is 0 Å². The molecule has 39 heavy (non-hydrogen) atoms. The number of alkyl halides is 3. The Labute approximate surface area is 227 Å². The Balaban J connectivity index is 1.36. The first kappa shape index (κ1) is 28.2. The van der Waals surface area contributed by atoms with Crippen molar-refractivity contribution in [3.8, 4) is 5.75 Å². The molecular weight excluding hydrogens is 533 g/mol. The Morgan fingerprint density at radius 1 is 1.08 bits per heavy atom. The molecule has 0 radical (unpaired) electrons. The zero-order chi connectivity index (χ0) is 28.2. The summed E-state index contributed by atoms with van der Waals surface area (Å²) < 4.78 is 49.5. The van der Waals surface area contributed by atoms with E-state index in [1.54, 1.807) is 6.92 Å². The van der Waals surface area contributed by atoms with Crippen LogP contribution < -0.4 is 15.4 Å². The van der Waals surface area contributed by atoms with Gasteiger partial charge < -0.3 is 20.1 Å². The van der Waals surface area contributed by atoms with Gasteiger partial charge in [-0.2, -0.15) is 13.2 Å². The molecule has 1 heterocycles. The highest BCUT2D eigenvalue weighted by atomic mass is 32.1. The molecule has 1 aliphatic carbocycles. The first-order valence-corrected chi connectivity index (χ1v) is 13.2. The third kappa shape index (κ3) is 6.97. The predicted molar refractivity (Wildman–Crippen MR) is 141 cm³/mol. The second-order valence-electron chi connectivity index (χ2n) is 9.17. The molecule has 1 aromatic heterocycles. The normalized spacial score (nSPS) is 14.7. The van der Waals surface area contributed by atoms with Crippen molar-refractivity contribution in [1.29, 1.82) is 0 Å². The monoisotopic (exact) mass is 560 g/mol. The highest BCUT2D eigenvalue weighted by Crippen LogP contribution is 2.40. The summed E-state index contributed by atoms with van der Waals surface area (Å²) in [5.74, 6) is -0.710. The van der Waals surface area contributed by atoms with Crippen molar-refractivity contribution in [2.24, 2.45) is 5.92 Å². The lowest BCUT2D eigenvalue weighted by molar-refractivity contribution is -0.137. The van der Waals surface area contributed by atoms with Gasteiger partial charge in [0.2, 0.25) is 0 Å². The maximum atomic E-state index is 12.9. The summed E-state index contributed by atoms with van der Waals surface area (Å²) in [5.41, 5.74) is 0.689. The highest BCUT2D eigenvalue weighted by molar-refractivity contribution is 7.17. The number of esters is 1. The van der Waals surface area contributed by atoms with E-state index in [4.69, 9.17) is 9.47 Å². The number of carbonyl (C=O) groups is 3. The summed E-state index contributed by atoms with van der Waals surface area (Å²) in [5, 5.41) is 5.65. The molecule has 2 aromatic carbocycles. The van der Waals surface area contributed by atoms with E-state index in [1.165, 1.54) is 47.7 Å². The number of thiophene rings is 1. The van der Waals surface area contributed by atoms with Gasteiger partial charge in [0.1, 0.15) is 10.8 Å². The largest absolute Gasteiger partial charge is 0.484 e. The average molecular weight is 561 g/mol. The lowest BCUT2D eigenvalue weighted by atomic mass is 9.88. The van der Waals surface area contributed by atoms with Crippen LogP contribution in [0.3, 0.4) is 0 Å². The van der Waals surface area contributed by atoms with Crippen LogP contribution in [0.5, 0.6) is 5.75 Å². The van der Waals surface area contributed by atoms with Crippen molar-refractivity contribution in [3.05, 3.63) is 75.7 Å². The minimum Gasteiger partial charge on any atom is -0.484 e. The second-order valence-corrected chi connectivity index (χ2v) is 10.3. The molecule has 0 saturated carbocycles. The fraction of sp³-hybridized carbons (Fsp3) is 0.321. The van der Waals surface area contributed by atoms with Gasteiger partial charge in [-0.25, -0.2) is 4.79 Å². The van der Waals surface area contributed by atoms with E-state index in [0.717, 1.165) is 41.8 Å². The van der Waals surface area contributed by atoms with Gasteiger partial charge in [-0.3, -0.25) is 9.59 Å². The van der Waals surface area contributed by atoms with Gasteiger partial charge in [0, 0.05) is 16.1 Å². The number of benzene rings is 2. The Morgan fingerprint density at radius 3 is 2.51 bits per heavy atom. The summed E-state index contributed by atoms with van der Waals surface area (Å²) in [6, 6.07) is 10.2. The molecule has 1 aliphatic rings. The molecule has 0 spiro atoms. The SMILES string of the molecule is CCOC(=O)c1c(NC(=O)COc2ccc(C(=O)Nc3cccc(C(F)(F)F)c3)cc2)sc2c1CCC(C)C2. The summed E-state index contributed by atoms with van der Waals surface area (Å²) in [7, 11) is 0. The molecule has 11 heteroatoms. The van der Waals surface area contributed by atoms with E-state index in [9.17, 15) is 27.6 Å². The highest BCUT2D eigenvalue weighted by Gasteiger charge is 2.31. The molecule has 3 aromatic rings. The molecule has 206 valence electrons. The number of hydrogen-bond donors (Lipinski definition) is 2. The van der Waals surface area contributed by atoms with Crippen LogP contribution in [0.2, 0.25) is 0 Å². The lowest BCUT2D eigenvalue weighted by Crippen LogP contribution is -2.21. The maximum Gasteiger partial charge on any atom is 0.416 e. The van der Waals surface area contributed by atoms with E-state index in [1.807, 2.05) is 0 Å². The standard InChI is InChI=1S/C28H27F3N2O5S/c1-3-37-27(36)24-21-12-7-16(2)13-22(21)39-26(24)33-23(34)15-38-20-10-8-17(9-11-20)25(35)32-19-6-4-5-18(14-19)28(29,30)31/h4-6,8-11,14,16H,3,7,12-13,15H2,1-2H3,(H,32,35)(H,33,34). The van der Waals surface area contributed by atoms with Gasteiger partial charge >= 0.3 is 12.1 Å². The van der Waals surface area contributed by atoms with Crippen molar-refractivity contribution < 1.29 is 37.0 Å². The number of ether oxygens (including phenoxy) is 2. The summed E-state index contributed by atoms with van der Waals surface area (Å²) in [6.07, 6.45) is -1.97. The van der Waals surface area contributed by atoms with Gasteiger partial charge in [0.05, 0.1) is 17.7 Å². The minimum absolute atomic E-state index is 0.0127. The third-order valence-corrected chi connectivity index (χ3v) is 7.35. The predicted octanol–water partition coefficient (Wildman–Crippen LogP) is 6.34. The van der Waals surface area contributed by atoms with Gasteiger partial charge in [-0.1, -0.05) is 13.0 Å². The number of halogens is 3. The van der Waals surface area contributed by atoms with E-state index < -0.39 is 29.5 Å². The van der Waals surface area contributed by atoms with E-state index in [2.05, 4.69) is 17.6 Å². The van der Waals surface area contributed by atoms with E-state index >= 15 is 0 Å². The van der Waals surface area contributed by atoms with Crippen molar-refractivity contribution in [2.45, 2.75) is 39.3 Å². The van der Waals surface area contributed by atoms with Gasteiger partial charge in [0.15, 0.2) is 6.61 Å². The molecule has 2 amide bonds. The van der Waals surface area contributed by atoms with E-state index in [-0.39, 0.29) is 24.5 Å². The zero-order valence-corrected chi connectivity index (χ0v) is 22.1. The Hall–Kier alpha value is -3.86. The molecule has 0 bridgehead atoms. The van der Waals surface area contributed by atoms with Crippen LogP contribution in [0.4, 0.5) is 23.9 Å². The van der Waals surface area contributed by atoms with Crippen LogP contribution in [0, 0.1) is 5.92 Å². The minimum atomic E-state index is -4.52. The quantitative estimate of drug-likeness (QED) is 0.314. The summed E-state index contributed by atoms with van der Waals surface area (Å²) in [4.78, 5) is 38.8.